The Kier molecular flexibility index (Phi) is 5.21. The molecule has 6 nitrogen and oxygen atoms in total. The lowest BCUT2D eigenvalue weighted by Crippen LogP contribution is -2.40. The fourth-order valence-electron chi connectivity index (χ4n) is 3.85. The highest BCUT2D eigenvalue weighted by atomic mass is 35.5. The topological polar surface area (TPSA) is 61.8 Å². The normalized spacial score (nSPS) is 11.2. The van der Waals surface area contributed by atoms with Gasteiger partial charge in [0.1, 0.15) is 0 Å². The van der Waals surface area contributed by atoms with Crippen molar-refractivity contribution in [3.05, 3.63) is 128 Å². The number of aromatic nitrogens is 4. The van der Waals surface area contributed by atoms with Gasteiger partial charge in [0, 0.05) is 11.6 Å². The summed E-state index contributed by atoms with van der Waals surface area (Å²) in [5, 5.41) is 0.620. The van der Waals surface area contributed by atoms with E-state index in [2.05, 4.69) is 4.98 Å². The molecule has 0 N–H and O–H groups in total. The molecule has 0 radical (unpaired) electrons. The first kappa shape index (κ1) is 20.0. The van der Waals surface area contributed by atoms with E-state index in [9.17, 15) is 9.59 Å². The van der Waals surface area contributed by atoms with E-state index in [1.54, 1.807) is 17.0 Å². The van der Waals surface area contributed by atoms with Gasteiger partial charge in [0.05, 0.1) is 18.6 Å². The SMILES string of the molecule is O=c1c2c(ncn2Cc2cccc(Cl)c2)n(-c2ccccc2)c(=O)n1Cc1ccccc1. The maximum Gasteiger partial charge on any atom is 0.337 e. The minimum atomic E-state index is -0.425. The van der Waals surface area contributed by atoms with Crippen LogP contribution in [0.3, 0.4) is 0 Å². The van der Waals surface area contributed by atoms with Crippen LogP contribution in [0.4, 0.5) is 0 Å². The molecule has 158 valence electrons. The Balaban J connectivity index is 1.76. The average molecular weight is 443 g/mol. The van der Waals surface area contributed by atoms with Crippen molar-refractivity contribution in [3.63, 3.8) is 0 Å². The summed E-state index contributed by atoms with van der Waals surface area (Å²) in [5.74, 6) is 0. The minimum absolute atomic E-state index is 0.170. The smallest absolute Gasteiger partial charge is 0.320 e. The highest BCUT2D eigenvalue weighted by molar-refractivity contribution is 6.30. The predicted molar refractivity (Wildman–Crippen MR) is 126 cm³/mol. The van der Waals surface area contributed by atoms with E-state index in [1.165, 1.54) is 9.13 Å². The molecule has 32 heavy (non-hydrogen) atoms. The molecule has 0 aliphatic rings. The van der Waals surface area contributed by atoms with Gasteiger partial charge in [0.15, 0.2) is 11.2 Å². The standard InChI is InChI=1S/C25H19ClN4O2/c26-20-11-7-10-19(14-20)15-28-17-27-23-22(28)24(31)29(16-18-8-3-1-4-9-18)25(32)30(23)21-12-5-2-6-13-21/h1-14,17H,15-16H2. The average Bonchev–Trinajstić information content (AvgIpc) is 3.21. The molecule has 0 spiro atoms. The number of rotatable bonds is 5. The molecule has 5 aromatic rings. The highest BCUT2D eigenvalue weighted by Gasteiger charge is 2.19. The predicted octanol–water partition coefficient (Wildman–Crippen LogP) is 4.10. The fourth-order valence-corrected chi connectivity index (χ4v) is 4.06. The van der Waals surface area contributed by atoms with Crippen LogP contribution in [0.25, 0.3) is 16.9 Å². The zero-order chi connectivity index (χ0) is 22.1. The number of fused-ring (bicyclic) bond motifs is 1. The van der Waals surface area contributed by atoms with Gasteiger partial charge in [-0.2, -0.15) is 0 Å². The van der Waals surface area contributed by atoms with Gasteiger partial charge < -0.3 is 4.57 Å². The molecule has 2 heterocycles. The van der Waals surface area contributed by atoms with E-state index < -0.39 is 5.69 Å². The van der Waals surface area contributed by atoms with Crippen LogP contribution in [0.1, 0.15) is 11.1 Å². The van der Waals surface area contributed by atoms with Crippen molar-refractivity contribution in [2.24, 2.45) is 0 Å². The molecular weight excluding hydrogens is 424 g/mol. The Morgan fingerprint density at radius 2 is 1.47 bits per heavy atom. The van der Waals surface area contributed by atoms with Crippen molar-refractivity contribution in [1.29, 1.82) is 0 Å². The molecule has 0 saturated heterocycles. The summed E-state index contributed by atoms with van der Waals surface area (Å²) < 4.78 is 4.53. The monoisotopic (exact) mass is 442 g/mol. The zero-order valence-electron chi connectivity index (χ0n) is 17.1. The second kappa shape index (κ2) is 8.32. The van der Waals surface area contributed by atoms with E-state index in [0.29, 0.717) is 28.4 Å². The molecule has 0 saturated carbocycles. The second-order valence-corrected chi connectivity index (χ2v) is 7.94. The molecule has 0 aliphatic heterocycles. The van der Waals surface area contributed by atoms with E-state index in [1.807, 2.05) is 78.9 Å². The highest BCUT2D eigenvalue weighted by Crippen LogP contribution is 2.17. The van der Waals surface area contributed by atoms with Crippen molar-refractivity contribution in [2.45, 2.75) is 13.1 Å². The molecule has 0 atom stereocenters. The number of halogens is 1. The molecule has 7 heteroatoms. The van der Waals surface area contributed by atoms with Gasteiger partial charge in [-0.3, -0.25) is 9.36 Å². The maximum absolute atomic E-state index is 13.5. The summed E-state index contributed by atoms with van der Waals surface area (Å²) in [7, 11) is 0. The van der Waals surface area contributed by atoms with Crippen LogP contribution in [-0.2, 0) is 13.1 Å². The van der Waals surface area contributed by atoms with Gasteiger partial charge in [-0.25, -0.2) is 14.3 Å². The molecule has 2 aromatic heterocycles. The van der Waals surface area contributed by atoms with Crippen LogP contribution in [-0.4, -0.2) is 18.7 Å². The third-order valence-electron chi connectivity index (χ3n) is 5.34. The number of benzene rings is 3. The summed E-state index contributed by atoms with van der Waals surface area (Å²) in [6.07, 6.45) is 1.60. The van der Waals surface area contributed by atoms with Gasteiger partial charge in [-0.15, -0.1) is 0 Å². The molecule has 0 amide bonds. The van der Waals surface area contributed by atoms with Gasteiger partial charge in [0.2, 0.25) is 0 Å². The van der Waals surface area contributed by atoms with Crippen LogP contribution in [0.15, 0.2) is 101 Å². The number of hydrogen-bond donors (Lipinski definition) is 0. The first-order chi connectivity index (χ1) is 15.6. The molecule has 0 unspecified atom stereocenters. The van der Waals surface area contributed by atoms with Gasteiger partial charge in [-0.1, -0.05) is 72.3 Å². The zero-order valence-corrected chi connectivity index (χ0v) is 17.8. The van der Waals surface area contributed by atoms with Gasteiger partial charge >= 0.3 is 5.69 Å². The van der Waals surface area contributed by atoms with Crippen molar-refractivity contribution in [2.75, 3.05) is 0 Å². The first-order valence-electron chi connectivity index (χ1n) is 10.2. The van der Waals surface area contributed by atoms with E-state index in [-0.39, 0.29) is 12.1 Å². The van der Waals surface area contributed by atoms with E-state index in [4.69, 9.17) is 11.6 Å². The summed E-state index contributed by atoms with van der Waals surface area (Å²) in [6.45, 7) is 0.578. The molecule has 0 aliphatic carbocycles. The van der Waals surface area contributed by atoms with E-state index >= 15 is 0 Å². The molecule has 0 fully saturated rings. The number of para-hydroxylation sites is 1. The third kappa shape index (κ3) is 3.65. The number of imidazole rings is 1. The van der Waals surface area contributed by atoms with Gasteiger partial charge in [0.25, 0.3) is 5.56 Å². The first-order valence-corrected chi connectivity index (χ1v) is 10.5. The molecule has 0 bridgehead atoms. The molecule has 5 rings (SSSR count). The summed E-state index contributed by atoms with van der Waals surface area (Å²) >= 11 is 6.14. The number of nitrogens with zero attached hydrogens (tertiary/aromatic N) is 4. The maximum atomic E-state index is 13.5. The van der Waals surface area contributed by atoms with Crippen LogP contribution >= 0.6 is 11.6 Å². The summed E-state index contributed by atoms with van der Waals surface area (Å²) in [5.41, 5.74) is 2.35. The third-order valence-corrected chi connectivity index (χ3v) is 5.58. The largest absolute Gasteiger partial charge is 0.337 e. The van der Waals surface area contributed by atoms with E-state index in [0.717, 1.165) is 11.1 Å². The van der Waals surface area contributed by atoms with Crippen LogP contribution in [0.2, 0.25) is 5.02 Å². The van der Waals surface area contributed by atoms with Gasteiger partial charge in [-0.05, 0) is 35.4 Å². The lowest BCUT2D eigenvalue weighted by molar-refractivity contribution is 0.677. The quantitative estimate of drug-likeness (QED) is 0.411. The minimum Gasteiger partial charge on any atom is -0.320 e. The summed E-state index contributed by atoms with van der Waals surface area (Å²) in [4.78, 5) is 31.5. The van der Waals surface area contributed by atoms with Crippen molar-refractivity contribution in [3.8, 4) is 5.69 Å². The Labute approximate surface area is 188 Å². The lowest BCUT2D eigenvalue weighted by atomic mass is 10.2. The van der Waals surface area contributed by atoms with Crippen LogP contribution in [0, 0.1) is 0 Å². The Morgan fingerprint density at radius 3 is 2.19 bits per heavy atom. The Morgan fingerprint density at radius 1 is 0.781 bits per heavy atom. The van der Waals surface area contributed by atoms with Crippen LogP contribution < -0.4 is 11.2 Å². The fraction of sp³-hybridized carbons (Fsp3) is 0.0800. The number of hydrogen-bond acceptors (Lipinski definition) is 3. The van der Waals surface area contributed by atoms with Crippen molar-refractivity contribution in [1.82, 2.24) is 18.7 Å². The second-order valence-electron chi connectivity index (χ2n) is 7.51. The Hall–Kier alpha value is -3.90. The molecule has 3 aromatic carbocycles. The Bertz CT molecular complexity index is 1520. The van der Waals surface area contributed by atoms with Crippen LogP contribution in [0.5, 0.6) is 0 Å². The lowest BCUT2D eigenvalue weighted by Gasteiger charge is -2.13. The summed E-state index contributed by atoms with van der Waals surface area (Å²) in [6, 6.07) is 26.2. The van der Waals surface area contributed by atoms with Crippen molar-refractivity contribution < 1.29 is 0 Å². The molecular formula is C25H19ClN4O2. The van der Waals surface area contributed by atoms with Crippen molar-refractivity contribution >= 4 is 22.8 Å².